The zero-order chi connectivity index (χ0) is 17.9. The van der Waals surface area contributed by atoms with Gasteiger partial charge in [0.1, 0.15) is 0 Å². The monoisotopic (exact) mass is 339 g/mol. The largest absolute Gasteiger partial charge is 0.378 e. The number of nitrogens with one attached hydrogen (secondary N) is 1. The smallest absolute Gasteiger partial charge is 0.255 e. The van der Waals surface area contributed by atoms with Crippen LogP contribution in [0.4, 0.5) is 11.4 Å². The fraction of sp³-hybridized carbons (Fsp3) is 0.400. The number of hydrogen-bond acceptors (Lipinski definition) is 4. The predicted molar refractivity (Wildman–Crippen MR) is 99.4 cm³/mol. The summed E-state index contributed by atoms with van der Waals surface area (Å²) in [6, 6.07) is 10.2. The van der Waals surface area contributed by atoms with Crippen molar-refractivity contribution in [2.24, 2.45) is 0 Å². The molecule has 1 aromatic heterocycles. The van der Waals surface area contributed by atoms with Crippen LogP contribution in [0.15, 0.2) is 42.7 Å². The summed E-state index contributed by atoms with van der Waals surface area (Å²) in [4.78, 5) is 18.6. The van der Waals surface area contributed by atoms with E-state index in [4.69, 9.17) is 4.74 Å². The molecular weight excluding hydrogens is 314 g/mol. The Morgan fingerprint density at radius 1 is 1.08 bits per heavy atom. The molecule has 0 atom stereocenters. The number of hydrogen-bond donors (Lipinski definition) is 1. The predicted octanol–water partition coefficient (Wildman–Crippen LogP) is 3.60. The van der Waals surface area contributed by atoms with Crippen LogP contribution in [-0.2, 0) is 10.2 Å². The molecule has 2 aromatic rings. The van der Waals surface area contributed by atoms with E-state index >= 15 is 0 Å². The minimum atomic E-state index is 0.00234. The molecule has 132 valence electrons. The van der Waals surface area contributed by atoms with E-state index in [1.165, 1.54) is 5.56 Å². The zero-order valence-electron chi connectivity index (χ0n) is 15.1. The number of ether oxygens (including phenoxy) is 1. The van der Waals surface area contributed by atoms with Gasteiger partial charge in [-0.15, -0.1) is 0 Å². The Bertz CT molecular complexity index is 729. The Labute approximate surface area is 149 Å². The fourth-order valence-corrected chi connectivity index (χ4v) is 2.79. The first-order chi connectivity index (χ1) is 11.9. The third-order valence-electron chi connectivity index (χ3n) is 4.32. The van der Waals surface area contributed by atoms with Gasteiger partial charge in [-0.1, -0.05) is 32.9 Å². The van der Waals surface area contributed by atoms with E-state index in [9.17, 15) is 4.79 Å². The average molecular weight is 339 g/mol. The molecule has 0 saturated carbocycles. The number of benzene rings is 1. The lowest BCUT2D eigenvalue weighted by Crippen LogP contribution is -2.40. The Kier molecular flexibility index (Phi) is 5.04. The highest BCUT2D eigenvalue weighted by atomic mass is 16.5. The van der Waals surface area contributed by atoms with Crippen LogP contribution < -0.4 is 5.32 Å². The topological polar surface area (TPSA) is 54.5 Å². The summed E-state index contributed by atoms with van der Waals surface area (Å²) in [5, 5.41) is 3.32. The molecule has 3 rings (SSSR count). The van der Waals surface area contributed by atoms with Gasteiger partial charge in [0, 0.05) is 25.0 Å². The van der Waals surface area contributed by atoms with E-state index < -0.39 is 0 Å². The summed E-state index contributed by atoms with van der Waals surface area (Å²) in [7, 11) is 0. The maximum absolute atomic E-state index is 12.6. The second-order valence-electron chi connectivity index (χ2n) is 7.32. The van der Waals surface area contributed by atoms with E-state index in [1.807, 2.05) is 11.0 Å². The van der Waals surface area contributed by atoms with Gasteiger partial charge < -0.3 is 15.0 Å². The normalized spacial score (nSPS) is 15.1. The van der Waals surface area contributed by atoms with Crippen molar-refractivity contribution < 1.29 is 9.53 Å². The molecule has 5 nitrogen and oxygen atoms in total. The highest BCUT2D eigenvalue weighted by molar-refractivity contribution is 5.95. The molecule has 1 N–H and O–H groups in total. The van der Waals surface area contributed by atoms with E-state index in [-0.39, 0.29) is 11.3 Å². The van der Waals surface area contributed by atoms with E-state index in [0.29, 0.717) is 31.9 Å². The van der Waals surface area contributed by atoms with Gasteiger partial charge in [-0.05, 0) is 29.2 Å². The highest BCUT2D eigenvalue weighted by Crippen LogP contribution is 2.25. The number of aromatic nitrogens is 1. The molecule has 0 spiro atoms. The van der Waals surface area contributed by atoms with Crippen molar-refractivity contribution in [1.29, 1.82) is 0 Å². The van der Waals surface area contributed by atoms with Gasteiger partial charge in [0.05, 0.1) is 30.7 Å². The first kappa shape index (κ1) is 17.4. The van der Waals surface area contributed by atoms with Gasteiger partial charge in [-0.2, -0.15) is 0 Å². The lowest BCUT2D eigenvalue weighted by Gasteiger charge is -2.26. The summed E-state index contributed by atoms with van der Waals surface area (Å²) in [6.45, 7) is 9.03. The summed E-state index contributed by atoms with van der Waals surface area (Å²) in [6.07, 6.45) is 3.35. The Hall–Kier alpha value is -2.40. The molecule has 1 aliphatic rings. The maximum Gasteiger partial charge on any atom is 0.255 e. The van der Waals surface area contributed by atoms with Crippen molar-refractivity contribution in [3.63, 3.8) is 0 Å². The summed E-state index contributed by atoms with van der Waals surface area (Å²) in [5.74, 6) is 0.00234. The summed E-state index contributed by atoms with van der Waals surface area (Å²) < 4.78 is 5.30. The van der Waals surface area contributed by atoms with Crippen LogP contribution in [0, 0.1) is 0 Å². The Balaban J connectivity index is 1.72. The molecular formula is C20H25N3O2. The Morgan fingerprint density at radius 2 is 1.76 bits per heavy atom. The van der Waals surface area contributed by atoms with E-state index in [0.717, 1.165) is 11.4 Å². The highest BCUT2D eigenvalue weighted by Gasteiger charge is 2.19. The lowest BCUT2D eigenvalue weighted by molar-refractivity contribution is 0.0302. The molecule has 5 heteroatoms. The third-order valence-corrected chi connectivity index (χ3v) is 4.32. The van der Waals surface area contributed by atoms with Crippen molar-refractivity contribution in [2.75, 3.05) is 31.6 Å². The molecule has 1 saturated heterocycles. The van der Waals surface area contributed by atoms with Gasteiger partial charge in [-0.3, -0.25) is 9.78 Å². The minimum absolute atomic E-state index is 0.00234. The van der Waals surface area contributed by atoms with E-state index in [1.54, 1.807) is 12.4 Å². The number of amides is 1. The third kappa shape index (κ3) is 4.37. The van der Waals surface area contributed by atoms with Crippen LogP contribution in [0.3, 0.4) is 0 Å². The van der Waals surface area contributed by atoms with Crippen LogP contribution >= 0.6 is 0 Å². The Morgan fingerprint density at radius 3 is 2.40 bits per heavy atom. The van der Waals surface area contributed by atoms with Crippen molar-refractivity contribution in [3.05, 3.63) is 53.9 Å². The number of morpholine rings is 1. The van der Waals surface area contributed by atoms with Crippen LogP contribution in [0.25, 0.3) is 0 Å². The molecule has 1 aliphatic heterocycles. The second-order valence-corrected chi connectivity index (χ2v) is 7.32. The van der Waals surface area contributed by atoms with Gasteiger partial charge in [0.2, 0.25) is 0 Å². The van der Waals surface area contributed by atoms with Gasteiger partial charge >= 0.3 is 0 Å². The SMILES string of the molecule is CC(C)(C)c1ccc(Nc2cncc(C(=O)N3CCOCC3)c2)cc1. The molecule has 1 amide bonds. The van der Waals surface area contributed by atoms with Crippen molar-refractivity contribution >= 4 is 17.3 Å². The molecule has 0 aliphatic carbocycles. The van der Waals surface area contributed by atoms with E-state index in [2.05, 4.69) is 55.3 Å². The zero-order valence-corrected chi connectivity index (χ0v) is 15.1. The van der Waals surface area contributed by atoms with Crippen LogP contribution in [0.5, 0.6) is 0 Å². The molecule has 25 heavy (non-hydrogen) atoms. The molecule has 1 aromatic carbocycles. The van der Waals surface area contributed by atoms with Crippen molar-refractivity contribution in [2.45, 2.75) is 26.2 Å². The number of carbonyl (C=O) groups excluding carboxylic acids is 1. The summed E-state index contributed by atoms with van der Waals surface area (Å²) >= 11 is 0. The maximum atomic E-state index is 12.6. The number of carbonyl (C=O) groups is 1. The standard InChI is InChI=1S/C20H25N3O2/c1-20(2,3)16-4-6-17(7-5-16)22-18-12-15(13-21-14-18)19(24)23-8-10-25-11-9-23/h4-7,12-14,22H,8-11H2,1-3H3. The van der Waals surface area contributed by atoms with Crippen LogP contribution in [0.2, 0.25) is 0 Å². The van der Waals surface area contributed by atoms with Crippen LogP contribution in [0.1, 0.15) is 36.7 Å². The summed E-state index contributed by atoms with van der Waals surface area (Å²) in [5.41, 5.74) is 3.80. The first-order valence-electron chi connectivity index (χ1n) is 8.63. The van der Waals surface area contributed by atoms with Crippen molar-refractivity contribution in [1.82, 2.24) is 9.88 Å². The molecule has 0 bridgehead atoms. The van der Waals surface area contributed by atoms with Crippen molar-refractivity contribution in [3.8, 4) is 0 Å². The fourth-order valence-electron chi connectivity index (χ4n) is 2.79. The second kappa shape index (κ2) is 7.23. The quantitative estimate of drug-likeness (QED) is 0.928. The number of pyridine rings is 1. The van der Waals surface area contributed by atoms with Gasteiger partial charge in [0.15, 0.2) is 0 Å². The molecule has 0 unspecified atom stereocenters. The molecule has 0 radical (unpaired) electrons. The van der Waals surface area contributed by atoms with Crippen LogP contribution in [-0.4, -0.2) is 42.1 Å². The van der Waals surface area contributed by atoms with Gasteiger partial charge in [0.25, 0.3) is 5.91 Å². The number of rotatable bonds is 3. The lowest BCUT2D eigenvalue weighted by atomic mass is 9.87. The number of nitrogens with zero attached hydrogens (tertiary/aromatic N) is 2. The number of anilines is 2. The average Bonchev–Trinajstić information content (AvgIpc) is 2.62. The van der Waals surface area contributed by atoms with Gasteiger partial charge in [-0.25, -0.2) is 0 Å². The molecule has 2 heterocycles. The first-order valence-corrected chi connectivity index (χ1v) is 8.63. The molecule has 1 fully saturated rings. The minimum Gasteiger partial charge on any atom is -0.378 e.